The van der Waals surface area contributed by atoms with Crippen molar-refractivity contribution < 1.29 is 24.2 Å². The number of benzene rings is 2. The molecule has 0 spiro atoms. The van der Waals surface area contributed by atoms with Crippen molar-refractivity contribution in [2.45, 2.75) is 19.9 Å². The van der Waals surface area contributed by atoms with Crippen LogP contribution in [0.4, 0.5) is 0 Å². The molecule has 0 saturated heterocycles. The van der Waals surface area contributed by atoms with Crippen molar-refractivity contribution >= 4 is 35.6 Å². The maximum absolute atomic E-state index is 12.5. The predicted molar refractivity (Wildman–Crippen MR) is 113 cm³/mol. The van der Waals surface area contributed by atoms with Crippen LogP contribution in [-0.4, -0.2) is 41.8 Å². The average molecular weight is 432 g/mol. The number of rotatable bonds is 9. The van der Waals surface area contributed by atoms with E-state index in [1.165, 1.54) is 6.21 Å². The molecule has 30 heavy (non-hydrogen) atoms. The predicted octanol–water partition coefficient (Wildman–Crippen LogP) is 2.71. The first kappa shape index (κ1) is 22.9. The molecular formula is C21H22ClN3O5. The number of hydrogen-bond donors (Lipinski definition) is 3. The van der Waals surface area contributed by atoms with Gasteiger partial charge in [-0.1, -0.05) is 37.6 Å². The third kappa shape index (κ3) is 7.21. The van der Waals surface area contributed by atoms with Gasteiger partial charge in [-0.2, -0.15) is 5.10 Å². The van der Waals surface area contributed by atoms with E-state index in [4.69, 9.17) is 21.4 Å². The maximum atomic E-state index is 12.5. The third-order valence-corrected chi connectivity index (χ3v) is 4.20. The van der Waals surface area contributed by atoms with Gasteiger partial charge in [0.1, 0.15) is 11.8 Å². The van der Waals surface area contributed by atoms with Gasteiger partial charge in [-0.25, -0.2) is 10.2 Å². The molecule has 0 aromatic heterocycles. The van der Waals surface area contributed by atoms with Gasteiger partial charge in [0.15, 0.2) is 6.61 Å². The Morgan fingerprint density at radius 1 is 1.17 bits per heavy atom. The highest BCUT2D eigenvalue weighted by Gasteiger charge is 2.24. The molecule has 9 heteroatoms. The van der Waals surface area contributed by atoms with Crippen molar-refractivity contribution in [1.29, 1.82) is 0 Å². The zero-order chi connectivity index (χ0) is 22.1. The van der Waals surface area contributed by atoms with Gasteiger partial charge < -0.3 is 15.2 Å². The minimum atomic E-state index is -1.08. The molecule has 0 fully saturated rings. The Hall–Kier alpha value is -3.39. The number of carboxylic acids is 1. The number of carboxylic acid groups (broad SMARTS) is 1. The molecule has 0 bridgehead atoms. The lowest BCUT2D eigenvalue weighted by Crippen LogP contribution is -2.48. The Morgan fingerprint density at radius 2 is 1.87 bits per heavy atom. The second kappa shape index (κ2) is 11.0. The molecule has 0 radical (unpaired) electrons. The number of amides is 2. The first-order valence-corrected chi connectivity index (χ1v) is 9.48. The lowest BCUT2D eigenvalue weighted by atomic mass is 10.0. The van der Waals surface area contributed by atoms with Crippen molar-refractivity contribution in [3.05, 3.63) is 64.7 Å². The van der Waals surface area contributed by atoms with Crippen LogP contribution in [0, 0.1) is 5.92 Å². The van der Waals surface area contributed by atoms with Crippen molar-refractivity contribution in [2.24, 2.45) is 11.0 Å². The van der Waals surface area contributed by atoms with Crippen LogP contribution in [0.1, 0.15) is 29.8 Å². The van der Waals surface area contributed by atoms with Crippen molar-refractivity contribution in [2.75, 3.05) is 6.61 Å². The quantitative estimate of drug-likeness (QED) is 0.417. The van der Waals surface area contributed by atoms with Crippen LogP contribution in [0.3, 0.4) is 0 Å². The number of ether oxygens (including phenoxy) is 1. The second-order valence-electron chi connectivity index (χ2n) is 6.69. The molecule has 2 aromatic rings. The second-order valence-corrected chi connectivity index (χ2v) is 7.13. The first-order valence-electron chi connectivity index (χ1n) is 9.10. The van der Waals surface area contributed by atoms with Gasteiger partial charge >= 0.3 is 5.97 Å². The molecule has 2 aromatic carbocycles. The van der Waals surface area contributed by atoms with E-state index in [0.29, 0.717) is 21.9 Å². The van der Waals surface area contributed by atoms with Gasteiger partial charge in [-0.05, 0) is 47.9 Å². The van der Waals surface area contributed by atoms with Gasteiger partial charge in [-0.15, -0.1) is 0 Å². The smallest absolute Gasteiger partial charge is 0.341 e. The van der Waals surface area contributed by atoms with Crippen LogP contribution in [-0.2, 0) is 9.59 Å². The Labute approximate surface area is 178 Å². The molecule has 158 valence electrons. The van der Waals surface area contributed by atoms with Crippen molar-refractivity contribution in [3.8, 4) is 5.75 Å². The lowest BCUT2D eigenvalue weighted by Gasteiger charge is -2.20. The standard InChI is InChI=1S/C21H22ClN3O5/c1-13(2)19(24-20(28)15-6-8-16(22)9-7-15)21(29)25-23-11-14-4-3-5-17(10-14)30-12-18(26)27/h3-11,13,19H,12H2,1-2H3,(H,24,28)(H,25,29)(H,26,27). The summed E-state index contributed by atoms with van der Waals surface area (Å²) in [5.41, 5.74) is 3.40. The third-order valence-electron chi connectivity index (χ3n) is 3.95. The number of halogens is 1. The summed E-state index contributed by atoms with van der Waals surface area (Å²) in [5.74, 6) is -1.76. The van der Waals surface area contributed by atoms with Gasteiger partial charge in [0.05, 0.1) is 6.21 Å². The zero-order valence-corrected chi connectivity index (χ0v) is 17.2. The summed E-state index contributed by atoms with van der Waals surface area (Å²) >= 11 is 5.83. The highest BCUT2D eigenvalue weighted by molar-refractivity contribution is 6.30. The van der Waals surface area contributed by atoms with E-state index in [1.807, 2.05) is 0 Å². The fraction of sp³-hybridized carbons (Fsp3) is 0.238. The summed E-state index contributed by atoms with van der Waals surface area (Å²) in [5, 5.41) is 15.8. The lowest BCUT2D eigenvalue weighted by molar-refractivity contribution is -0.139. The van der Waals surface area contributed by atoms with Crippen LogP contribution in [0.5, 0.6) is 5.75 Å². The number of carbonyl (C=O) groups excluding carboxylic acids is 2. The molecule has 2 rings (SSSR count). The highest BCUT2D eigenvalue weighted by atomic mass is 35.5. The maximum Gasteiger partial charge on any atom is 0.341 e. The Bertz CT molecular complexity index is 928. The summed E-state index contributed by atoms with van der Waals surface area (Å²) < 4.78 is 5.09. The number of carbonyl (C=O) groups is 3. The molecule has 1 unspecified atom stereocenters. The van der Waals surface area contributed by atoms with Crippen LogP contribution in [0.25, 0.3) is 0 Å². The average Bonchev–Trinajstić information content (AvgIpc) is 2.70. The minimum absolute atomic E-state index is 0.177. The van der Waals surface area contributed by atoms with Crippen LogP contribution in [0.15, 0.2) is 53.6 Å². The van der Waals surface area contributed by atoms with E-state index in [1.54, 1.807) is 62.4 Å². The topological polar surface area (TPSA) is 117 Å². The summed E-state index contributed by atoms with van der Waals surface area (Å²) in [6, 6.07) is 12.1. The number of nitrogens with one attached hydrogen (secondary N) is 2. The molecule has 0 aliphatic rings. The zero-order valence-electron chi connectivity index (χ0n) is 16.5. The van der Waals surface area contributed by atoms with Crippen LogP contribution < -0.4 is 15.5 Å². The van der Waals surface area contributed by atoms with E-state index < -0.39 is 30.4 Å². The largest absolute Gasteiger partial charge is 0.482 e. The number of hydrazone groups is 1. The van der Waals surface area contributed by atoms with Gasteiger partial charge in [0.25, 0.3) is 11.8 Å². The molecule has 0 saturated carbocycles. The highest BCUT2D eigenvalue weighted by Crippen LogP contribution is 2.12. The van der Waals surface area contributed by atoms with Crippen molar-refractivity contribution in [3.63, 3.8) is 0 Å². The molecule has 0 aliphatic heterocycles. The SMILES string of the molecule is CC(C)C(NC(=O)c1ccc(Cl)cc1)C(=O)NN=Cc1cccc(OCC(=O)O)c1. The van der Waals surface area contributed by atoms with Crippen molar-refractivity contribution in [1.82, 2.24) is 10.7 Å². The molecule has 8 nitrogen and oxygen atoms in total. The van der Waals surface area contributed by atoms with Crippen LogP contribution >= 0.6 is 11.6 Å². The molecular weight excluding hydrogens is 410 g/mol. The van der Waals surface area contributed by atoms with E-state index in [0.717, 1.165) is 0 Å². The van der Waals surface area contributed by atoms with Gasteiger partial charge in [-0.3, -0.25) is 9.59 Å². The van der Waals surface area contributed by atoms with Gasteiger partial charge in [0.2, 0.25) is 0 Å². The molecule has 0 aliphatic carbocycles. The minimum Gasteiger partial charge on any atom is -0.482 e. The van der Waals surface area contributed by atoms with E-state index in [2.05, 4.69) is 15.8 Å². The number of hydrogen-bond acceptors (Lipinski definition) is 5. The van der Waals surface area contributed by atoms with Crippen LogP contribution in [0.2, 0.25) is 5.02 Å². The monoisotopic (exact) mass is 431 g/mol. The Balaban J connectivity index is 1.98. The molecule has 1 atom stereocenters. The van der Waals surface area contributed by atoms with E-state index in [-0.39, 0.29) is 5.92 Å². The fourth-order valence-electron chi connectivity index (χ4n) is 2.43. The van der Waals surface area contributed by atoms with E-state index >= 15 is 0 Å². The summed E-state index contributed by atoms with van der Waals surface area (Å²) in [7, 11) is 0. The normalized spacial score (nSPS) is 11.9. The summed E-state index contributed by atoms with van der Waals surface area (Å²) in [6.07, 6.45) is 1.39. The summed E-state index contributed by atoms with van der Waals surface area (Å²) in [6.45, 7) is 3.15. The number of nitrogens with zero attached hydrogens (tertiary/aromatic N) is 1. The molecule has 0 heterocycles. The molecule has 3 N–H and O–H groups in total. The first-order chi connectivity index (χ1) is 14.3. The molecule has 2 amide bonds. The summed E-state index contributed by atoms with van der Waals surface area (Å²) in [4.78, 5) is 35.4. The number of aliphatic carboxylic acids is 1. The Morgan fingerprint density at radius 3 is 2.50 bits per heavy atom. The Kier molecular flexibility index (Phi) is 8.37. The van der Waals surface area contributed by atoms with Gasteiger partial charge in [0, 0.05) is 10.6 Å². The fourth-order valence-corrected chi connectivity index (χ4v) is 2.56. The van der Waals surface area contributed by atoms with E-state index in [9.17, 15) is 14.4 Å².